The van der Waals surface area contributed by atoms with Gasteiger partial charge in [-0.2, -0.15) is 0 Å². The normalized spacial score (nSPS) is 10.9. The third kappa shape index (κ3) is 3.93. The van der Waals surface area contributed by atoms with E-state index in [0.29, 0.717) is 12.4 Å². The fraction of sp³-hybridized carbons (Fsp3) is 0.0476. The van der Waals surface area contributed by atoms with Gasteiger partial charge in [-0.1, -0.05) is 48.5 Å². The maximum Gasteiger partial charge on any atom is 0.377 e. The second-order valence-corrected chi connectivity index (χ2v) is 5.44. The lowest BCUT2D eigenvalue weighted by molar-refractivity contribution is -0.131. The zero-order valence-corrected chi connectivity index (χ0v) is 13.4. The van der Waals surface area contributed by atoms with Gasteiger partial charge in [0.1, 0.15) is 12.4 Å². The minimum absolute atomic E-state index is 0.131. The van der Waals surface area contributed by atoms with Crippen LogP contribution in [0, 0.1) is 0 Å². The number of hydrogen-bond donors (Lipinski definition) is 1. The van der Waals surface area contributed by atoms with Crippen LogP contribution in [0.5, 0.6) is 5.75 Å². The van der Waals surface area contributed by atoms with Gasteiger partial charge in [0.15, 0.2) is 0 Å². The number of aliphatic carboxylic acids is 1. The number of benzene rings is 3. The topological polar surface area (TPSA) is 63.6 Å². The van der Waals surface area contributed by atoms with Gasteiger partial charge in [0.2, 0.25) is 0 Å². The Morgan fingerprint density at radius 1 is 0.920 bits per heavy atom. The fourth-order valence-corrected chi connectivity index (χ4v) is 2.54. The molecule has 0 amide bonds. The summed E-state index contributed by atoms with van der Waals surface area (Å²) < 4.78 is 5.59. The molecule has 0 aliphatic heterocycles. The highest BCUT2D eigenvalue weighted by atomic mass is 16.5. The van der Waals surface area contributed by atoms with Crippen LogP contribution in [0.15, 0.2) is 72.8 Å². The van der Waals surface area contributed by atoms with E-state index in [1.54, 1.807) is 12.1 Å². The Bertz CT molecular complexity index is 934. The first-order valence-electron chi connectivity index (χ1n) is 7.80. The Balaban J connectivity index is 1.63. The standard InChI is InChI=1S/C21H16O4/c22-20(21(23)24)17-10-12-18(13-11-17)25-14-4-8-16-7-3-6-15-5-1-2-9-19(15)16/h1-13H,14H2,(H,23,24)/b8-4+. The molecule has 4 nitrogen and oxygen atoms in total. The number of fused-ring (bicyclic) bond motifs is 1. The average Bonchev–Trinajstić information content (AvgIpc) is 2.65. The lowest BCUT2D eigenvalue weighted by Crippen LogP contribution is -2.12. The van der Waals surface area contributed by atoms with E-state index in [2.05, 4.69) is 18.2 Å². The number of hydrogen-bond acceptors (Lipinski definition) is 3. The van der Waals surface area contributed by atoms with Crippen LogP contribution < -0.4 is 4.74 Å². The number of carboxylic acids is 1. The molecule has 0 fully saturated rings. The lowest BCUT2D eigenvalue weighted by atomic mass is 10.0. The molecule has 3 aromatic rings. The van der Waals surface area contributed by atoms with Crippen molar-refractivity contribution >= 4 is 28.6 Å². The molecule has 124 valence electrons. The molecular weight excluding hydrogens is 316 g/mol. The molecule has 0 aromatic heterocycles. The summed E-state index contributed by atoms with van der Waals surface area (Å²) in [5, 5.41) is 11.0. The van der Waals surface area contributed by atoms with E-state index >= 15 is 0 Å². The number of carbonyl (C=O) groups is 2. The molecule has 0 aliphatic rings. The van der Waals surface area contributed by atoms with E-state index in [4.69, 9.17) is 9.84 Å². The van der Waals surface area contributed by atoms with E-state index in [1.165, 1.54) is 22.9 Å². The first-order valence-corrected chi connectivity index (χ1v) is 7.80. The van der Waals surface area contributed by atoms with Gasteiger partial charge in [0, 0.05) is 5.56 Å². The van der Waals surface area contributed by atoms with Crippen LogP contribution in [0.1, 0.15) is 15.9 Å². The summed E-state index contributed by atoms with van der Waals surface area (Å²) in [6.07, 6.45) is 3.92. The minimum atomic E-state index is -1.47. The summed E-state index contributed by atoms with van der Waals surface area (Å²) in [7, 11) is 0. The Morgan fingerprint density at radius 2 is 1.64 bits per heavy atom. The molecule has 1 N–H and O–H groups in total. The number of ether oxygens (including phenoxy) is 1. The van der Waals surface area contributed by atoms with Gasteiger partial charge in [0.25, 0.3) is 5.78 Å². The van der Waals surface area contributed by atoms with Crippen LogP contribution in [0.3, 0.4) is 0 Å². The highest BCUT2D eigenvalue weighted by Crippen LogP contribution is 2.19. The first kappa shape index (κ1) is 16.5. The Labute approximate surface area is 145 Å². The quantitative estimate of drug-likeness (QED) is 0.543. The molecule has 3 aromatic carbocycles. The average molecular weight is 332 g/mol. The van der Waals surface area contributed by atoms with Crippen molar-refractivity contribution in [2.75, 3.05) is 6.61 Å². The summed E-state index contributed by atoms with van der Waals surface area (Å²) >= 11 is 0. The van der Waals surface area contributed by atoms with Gasteiger partial charge in [-0.3, -0.25) is 4.79 Å². The van der Waals surface area contributed by atoms with E-state index in [9.17, 15) is 9.59 Å². The van der Waals surface area contributed by atoms with Crippen LogP contribution in [-0.4, -0.2) is 23.5 Å². The molecule has 0 radical (unpaired) electrons. The van der Waals surface area contributed by atoms with Crippen molar-refractivity contribution in [2.24, 2.45) is 0 Å². The predicted octanol–water partition coefficient (Wildman–Crippen LogP) is 4.20. The lowest BCUT2D eigenvalue weighted by Gasteiger charge is -2.04. The number of ketones is 1. The predicted molar refractivity (Wildman–Crippen MR) is 96.9 cm³/mol. The highest BCUT2D eigenvalue weighted by molar-refractivity contribution is 6.39. The van der Waals surface area contributed by atoms with Crippen LogP contribution in [-0.2, 0) is 4.79 Å². The van der Waals surface area contributed by atoms with Crippen molar-refractivity contribution in [3.05, 3.63) is 83.9 Å². The Kier molecular flexibility index (Phi) is 4.90. The van der Waals surface area contributed by atoms with Crippen molar-refractivity contribution in [3.8, 4) is 5.75 Å². The third-order valence-electron chi connectivity index (χ3n) is 3.78. The zero-order valence-electron chi connectivity index (χ0n) is 13.4. The van der Waals surface area contributed by atoms with E-state index in [-0.39, 0.29) is 5.56 Å². The van der Waals surface area contributed by atoms with Crippen LogP contribution in [0.4, 0.5) is 0 Å². The Morgan fingerprint density at radius 3 is 2.40 bits per heavy atom. The van der Waals surface area contributed by atoms with Crippen molar-refractivity contribution in [1.29, 1.82) is 0 Å². The van der Waals surface area contributed by atoms with Gasteiger partial charge in [0.05, 0.1) is 0 Å². The van der Waals surface area contributed by atoms with Gasteiger partial charge < -0.3 is 9.84 Å². The Hall–Kier alpha value is -3.40. The SMILES string of the molecule is O=C(O)C(=O)c1ccc(OC/C=C/c2cccc3ccccc23)cc1. The summed E-state index contributed by atoms with van der Waals surface area (Å²) in [6, 6.07) is 20.4. The maximum absolute atomic E-state index is 11.3. The molecular formula is C21H16O4. The second kappa shape index (κ2) is 7.45. The van der Waals surface area contributed by atoms with E-state index < -0.39 is 11.8 Å². The molecule has 3 rings (SSSR count). The second-order valence-electron chi connectivity index (χ2n) is 5.44. The smallest absolute Gasteiger partial charge is 0.377 e. The number of carbonyl (C=O) groups excluding carboxylic acids is 1. The highest BCUT2D eigenvalue weighted by Gasteiger charge is 2.13. The van der Waals surface area contributed by atoms with Crippen LogP contribution >= 0.6 is 0 Å². The van der Waals surface area contributed by atoms with Crippen LogP contribution in [0.2, 0.25) is 0 Å². The summed E-state index contributed by atoms with van der Waals surface area (Å²) in [4.78, 5) is 22.0. The molecule has 0 atom stereocenters. The molecule has 0 bridgehead atoms. The number of Topliss-reactive ketones (excluding diaryl/α,β-unsaturated/α-hetero) is 1. The van der Waals surface area contributed by atoms with Gasteiger partial charge in [-0.15, -0.1) is 0 Å². The molecule has 0 unspecified atom stereocenters. The maximum atomic E-state index is 11.3. The fourth-order valence-electron chi connectivity index (χ4n) is 2.54. The van der Waals surface area contributed by atoms with Gasteiger partial charge in [-0.05, 0) is 46.7 Å². The third-order valence-corrected chi connectivity index (χ3v) is 3.78. The molecule has 25 heavy (non-hydrogen) atoms. The molecule has 0 saturated heterocycles. The van der Waals surface area contributed by atoms with E-state index in [1.807, 2.05) is 36.4 Å². The van der Waals surface area contributed by atoms with E-state index in [0.717, 1.165) is 5.56 Å². The monoisotopic (exact) mass is 332 g/mol. The molecule has 0 saturated carbocycles. The van der Waals surface area contributed by atoms with Crippen molar-refractivity contribution in [2.45, 2.75) is 0 Å². The van der Waals surface area contributed by atoms with Crippen molar-refractivity contribution < 1.29 is 19.4 Å². The first-order chi connectivity index (χ1) is 12.1. The van der Waals surface area contributed by atoms with Gasteiger partial charge in [-0.25, -0.2) is 4.79 Å². The zero-order chi connectivity index (χ0) is 17.6. The molecule has 0 heterocycles. The summed E-state index contributed by atoms with van der Waals surface area (Å²) in [5.41, 5.74) is 1.25. The van der Waals surface area contributed by atoms with Crippen molar-refractivity contribution in [3.63, 3.8) is 0 Å². The van der Waals surface area contributed by atoms with Crippen molar-refractivity contribution in [1.82, 2.24) is 0 Å². The van der Waals surface area contributed by atoms with Crippen LogP contribution in [0.25, 0.3) is 16.8 Å². The molecule has 0 spiro atoms. The largest absolute Gasteiger partial charge is 0.490 e. The summed E-state index contributed by atoms with van der Waals surface area (Å²) in [6.45, 7) is 0.370. The minimum Gasteiger partial charge on any atom is -0.490 e. The van der Waals surface area contributed by atoms with Gasteiger partial charge >= 0.3 is 5.97 Å². The molecule has 0 aliphatic carbocycles. The number of rotatable bonds is 6. The number of carboxylic acid groups (broad SMARTS) is 1. The summed E-state index contributed by atoms with van der Waals surface area (Å²) in [5.74, 6) is -1.82. The molecule has 4 heteroatoms.